The minimum atomic E-state index is -0.874. The summed E-state index contributed by atoms with van der Waals surface area (Å²) in [6, 6.07) is 4.12. The second kappa shape index (κ2) is 5.50. The maximum Gasteiger partial charge on any atom is 0.257 e. The van der Waals surface area contributed by atoms with Gasteiger partial charge >= 0.3 is 0 Å². The van der Waals surface area contributed by atoms with Gasteiger partial charge in [0.2, 0.25) is 0 Å². The first-order valence-corrected chi connectivity index (χ1v) is 5.80. The zero-order valence-corrected chi connectivity index (χ0v) is 10.8. The summed E-state index contributed by atoms with van der Waals surface area (Å²) in [5.74, 6) is -2.23. The molecule has 0 saturated heterocycles. The standard InChI is InChI=1S/C12H6Cl2F2N2O/c13-8-3-6(5-17-11(8)14)12(19)18-10-2-1-7(15)4-9(10)16/h1-5H,(H,18,19). The van der Waals surface area contributed by atoms with E-state index in [0.29, 0.717) is 6.07 Å². The maximum absolute atomic E-state index is 13.4. The topological polar surface area (TPSA) is 42.0 Å². The summed E-state index contributed by atoms with van der Waals surface area (Å²) in [5.41, 5.74) is -0.0319. The quantitative estimate of drug-likeness (QED) is 0.854. The molecule has 0 unspecified atom stereocenters. The van der Waals surface area contributed by atoms with Crippen molar-refractivity contribution in [3.63, 3.8) is 0 Å². The van der Waals surface area contributed by atoms with Crippen molar-refractivity contribution < 1.29 is 13.6 Å². The van der Waals surface area contributed by atoms with Crippen molar-refractivity contribution in [1.82, 2.24) is 4.98 Å². The number of carbonyl (C=O) groups excluding carboxylic acids is 1. The highest BCUT2D eigenvalue weighted by Crippen LogP contribution is 2.21. The van der Waals surface area contributed by atoms with Gasteiger partial charge in [-0.3, -0.25) is 4.79 Å². The first kappa shape index (κ1) is 13.7. The summed E-state index contributed by atoms with van der Waals surface area (Å²) in [5, 5.41) is 2.44. The molecule has 3 nitrogen and oxygen atoms in total. The van der Waals surface area contributed by atoms with Gasteiger partial charge in [0, 0.05) is 12.3 Å². The van der Waals surface area contributed by atoms with E-state index in [1.807, 2.05) is 0 Å². The number of nitrogens with zero attached hydrogens (tertiary/aromatic N) is 1. The van der Waals surface area contributed by atoms with Crippen LogP contribution >= 0.6 is 23.2 Å². The van der Waals surface area contributed by atoms with Crippen molar-refractivity contribution in [3.05, 3.63) is 57.8 Å². The molecule has 2 rings (SSSR count). The third-order valence-corrected chi connectivity index (χ3v) is 2.92. The van der Waals surface area contributed by atoms with E-state index in [2.05, 4.69) is 10.3 Å². The summed E-state index contributed by atoms with van der Waals surface area (Å²) in [4.78, 5) is 15.5. The van der Waals surface area contributed by atoms with E-state index in [1.54, 1.807) is 0 Å². The Balaban J connectivity index is 2.23. The van der Waals surface area contributed by atoms with Crippen LogP contribution in [0.5, 0.6) is 0 Å². The summed E-state index contributed by atoms with van der Waals surface area (Å²) >= 11 is 11.3. The van der Waals surface area contributed by atoms with Crippen LogP contribution in [0.25, 0.3) is 0 Å². The Labute approximate surface area is 117 Å². The number of hydrogen-bond acceptors (Lipinski definition) is 2. The predicted octanol–water partition coefficient (Wildman–Crippen LogP) is 3.92. The van der Waals surface area contributed by atoms with Crippen molar-refractivity contribution in [2.45, 2.75) is 0 Å². The molecule has 19 heavy (non-hydrogen) atoms. The lowest BCUT2D eigenvalue weighted by molar-refractivity contribution is 0.102. The minimum absolute atomic E-state index is 0.0613. The largest absolute Gasteiger partial charge is 0.319 e. The third-order valence-electron chi connectivity index (χ3n) is 2.24. The van der Waals surface area contributed by atoms with Crippen LogP contribution in [0.1, 0.15) is 10.4 Å². The van der Waals surface area contributed by atoms with Gasteiger partial charge in [-0.05, 0) is 18.2 Å². The number of aromatic nitrogens is 1. The van der Waals surface area contributed by atoms with Crippen LogP contribution in [0.15, 0.2) is 30.5 Å². The highest BCUT2D eigenvalue weighted by atomic mass is 35.5. The number of rotatable bonds is 2. The molecule has 0 fully saturated rings. The molecular formula is C12H6Cl2F2N2O. The minimum Gasteiger partial charge on any atom is -0.319 e. The molecule has 0 aliphatic rings. The molecule has 2 aromatic rings. The highest BCUT2D eigenvalue weighted by Gasteiger charge is 2.12. The van der Waals surface area contributed by atoms with Crippen molar-refractivity contribution >= 4 is 34.8 Å². The number of amides is 1. The highest BCUT2D eigenvalue weighted by molar-refractivity contribution is 6.41. The lowest BCUT2D eigenvalue weighted by Gasteiger charge is -2.06. The van der Waals surface area contributed by atoms with E-state index in [4.69, 9.17) is 23.2 Å². The number of carbonyl (C=O) groups is 1. The average molecular weight is 303 g/mol. The summed E-state index contributed by atoms with van der Waals surface area (Å²) in [7, 11) is 0. The fourth-order valence-electron chi connectivity index (χ4n) is 1.33. The van der Waals surface area contributed by atoms with E-state index in [1.165, 1.54) is 12.3 Å². The molecule has 7 heteroatoms. The van der Waals surface area contributed by atoms with E-state index in [0.717, 1.165) is 12.1 Å². The zero-order chi connectivity index (χ0) is 14.0. The first-order chi connectivity index (χ1) is 8.97. The molecule has 1 heterocycles. The van der Waals surface area contributed by atoms with Gasteiger partial charge < -0.3 is 5.32 Å². The lowest BCUT2D eigenvalue weighted by atomic mass is 10.2. The van der Waals surface area contributed by atoms with Crippen LogP contribution in [0.2, 0.25) is 10.2 Å². The first-order valence-electron chi connectivity index (χ1n) is 5.05. The number of nitrogens with one attached hydrogen (secondary N) is 1. The predicted molar refractivity (Wildman–Crippen MR) is 68.6 cm³/mol. The van der Waals surface area contributed by atoms with Gasteiger partial charge in [-0.1, -0.05) is 23.2 Å². The van der Waals surface area contributed by atoms with E-state index in [9.17, 15) is 13.6 Å². The smallest absolute Gasteiger partial charge is 0.257 e. The van der Waals surface area contributed by atoms with Crippen LogP contribution in [-0.4, -0.2) is 10.9 Å². The molecule has 1 N–H and O–H groups in total. The van der Waals surface area contributed by atoms with Gasteiger partial charge in [0.05, 0.1) is 16.3 Å². The number of anilines is 1. The van der Waals surface area contributed by atoms with Gasteiger partial charge in [-0.25, -0.2) is 13.8 Å². The Morgan fingerprint density at radius 2 is 1.95 bits per heavy atom. The monoisotopic (exact) mass is 302 g/mol. The number of halogens is 4. The fourth-order valence-corrected chi connectivity index (χ4v) is 1.60. The molecule has 0 aliphatic carbocycles. The van der Waals surface area contributed by atoms with E-state index < -0.39 is 17.5 Å². The van der Waals surface area contributed by atoms with Gasteiger partial charge in [0.1, 0.15) is 16.8 Å². The number of benzene rings is 1. The number of pyridine rings is 1. The maximum atomic E-state index is 13.4. The molecule has 1 amide bonds. The molecule has 0 atom stereocenters. The van der Waals surface area contributed by atoms with Crippen LogP contribution in [-0.2, 0) is 0 Å². The summed E-state index contributed by atoms with van der Waals surface area (Å²) in [6.07, 6.45) is 1.20. The molecule has 0 aliphatic heterocycles. The molecule has 0 radical (unpaired) electrons. The van der Waals surface area contributed by atoms with Crippen molar-refractivity contribution in [1.29, 1.82) is 0 Å². The Morgan fingerprint density at radius 3 is 2.58 bits per heavy atom. The molecule has 1 aromatic heterocycles. The van der Waals surface area contributed by atoms with Crippen LogP contribution in [0.4, 0.5) is 14.5 Å². The Kier molecular flexibility index (Phi) is 3.97. The van der Waals surface area contributed by atoms with E-state index in [-0.39, 0.29) is 21.4 Å². The van der Waals surface area contributed by atoms with Gasteiger partial charge in [0.25, 0.3) is 5.91 Å². The van der Waals surface area contributed by atoms with Crippen molar-refractivity contribution in [2.75, 3.05) is 5.32 Å². The summed E-state index contributed by atoms with van der Waals surface area (Å²) < 4.78 is 26.1. The third kappa shape index (κ3) is 3.19. The van der Waals surface area contributed by atoms with Crippen LogP contribution in [0, 0.1) is 11.6 Å². The van der Waals surface area contributed by atoms with E-state index >= 15 is 0 Å². The van der Waals surface area contributed by atoms with Crippen molar-refractivity contribution in [2.24, 2.45) is 0 Å². The molecule has 98 valence electrons. The Hall–Kier alpha value is -1.72. The molecule has 0 spiro atoms. The van der Waals surface area contributed by atoms with Crippen molar-refractivity contribution in [3.8, 4) is 0 Å². The molecule has 0 bridgehead atoms. The molecular weight excluding hydrogens is 297 g/mol. The van der Waals surface area contributed by atoms with Crippen LogP contribution in [0.3, 0.4) is 0 Å². The molecule has 1 aromatic carbocycles. The Morgan fingerprint density at radius 1 is 1.21 bits per heavy atom. The second-order valence-corrected chi connectivity index (χ2v) is 4.34. The van der Waals surface area contributed by atoms with Gasteiger partial charge in [0.15, 0.2) is 0 Å². The Bertz CT molecular complexity index is 650. The average Bonchev–Trinajstić information content (AvgIpc) is 2.36. The molecule has 0 saturated carbocycles. The van der Waals surface area contributed by atoms with Gasteiger partial charge in [-0.15, -0.1) is 0 Å². The SMILES string of the molecule is O=C(Nc1ccc(F)cc1F)c1cnc(Cl)c(Cl)c1. The number of hydrogen-bond donors (Lipinski definition) is 1. The zero-order valence-electron chi connectivity index (χ0n) is 9.25. The summed E-state index contributed by atoms with van der Waals surface area (Å²) in [6.45, 7) is 0. The fraction of sp³-hybridized carbons (Fsp3) is 0. The lowest BCUT2D eigenvalue weighted by Crippen LogP contribution is -2.13. The second-order valence-electron chi connectivity index (χ2n) is 3.57. The van der Waals surface area contributed by atoms with Crippen LogP contribution < -0.4 is 5.32 Å². The normalized spacial score (nSPS) is 10.3. The van der Waals surface area contributed by atoms with Gasteiger partial charge in [-0.2, -0.15) is 0 Å².